The van der Waals surface area contributed by atoms with Crippen LogP contribution in [0.1, 0.15) is 0 Å². The lowest BCUT2D eigenvalue weighted by atomic mass is 10.1. The van der Waals surface area contributed by atoms with Gasteiger partial charge < -0.3 is 20.5 Å². The number of para-hydroxylation sites is 1. The number of thiophene rings is 1. The summed E-state index contributed by atoms with van der Waals surface area (Å²) in [6, 6.07) is 11.8. The lowest BCUT2D eigenvalue weighted by Crippen LogP contribution is -2.23. The molecule has 1 aliphatic heterocycles. The summed E-state index contributed by atoms with van der Waals surface area (Å²) in [5, 5.41) is 14.8. The minimum atomic E-state index is -1.43. The van der Waals surface area contributed by atoms with Crippen molar-refractivity contribution in [1.82, 2.24) is 15.0 Å². The van der Waals surface area contributed by atoms with Crippen LogP contribution in [-0.2, 0) is 0 Å². The zero-order valence-corrected chi connectivity index (χ0v) is 15.4. The molecule has 9 nitrogen and oxygen atoms in total. The molecule has 1 atom stereocenters. The van der Waals surface area contributed by atoms with E-state index in [1.54, 1.807) is 24.3 Å². The van der Waals surface area contributed by atoms with E-state index in [-0.39, 0.29) is 6.01 Å². The highest BCUT2D eigenvalue weighted by atomic mass is 32.2. The first-order valence-electron chi connectivity index (χ1n) is 8.47. The number of benzene rings is 1. The standard InChI is InChI=1S/C19H11N5O4S/c25-17-22-11-6-8-20-16-13(11)14(24-17)15(29(16)19(26)27)12-7-9-21-18(23-12)28-10-4-2-1-3-5-10/h1-9H,(H2-,20,21,22,23,24,25,26,27)/p+1. The summed E-state index contributed by atoms with van der Waals surface area (Å²) in [4.78, 5) is 37.7. The van der Waals surface area contributed by atoms with Gasteiger partial charge in [-0.2, -0.15) is 9.78 Å². The van der Waals surface area contributed by atoms with Gasteiger partial charge >= 0.3 is 17.3 Å². The largest absolute Gasteiger partial charge is 0.554 e. The summed E-state index contributed by atoms with van der Waals surface area (Å²) in [5.74, 6) is 0.549. The number of carbonyl (C=O) groups excluding carboxylic acids is 1. The maximum atomic E-state index is 12.1. The van der Waals surface area contributed by atoms with Crippen LogP contribution in [-0.4, -0.2) is 31.4 Å². The van der Waals surface area contributed by atoms with Crippen LogP contribution < -0.4 is 15.4 Å². The van der Waals surface area contributed by atoms with E-state index < -0.39 is 21.8 Å². The Morgan fingerprint density at radius 3 is 2.62 bits per heavy atom. The number of nitrogens with zero attached hydrogens (tertiary/aromatic N) is 3. The molecule has 5 rings (SSSR count). The predicted octanol–water partition coefficient (Wildman–Crippen LogP) is 4.72. The summed E-state index contributed by atoms with van der Waals surface area (Å²) in [6.07, 6.45) is 2.96. The van der Waals surface area contributed by atoms with Crippen molar-refractivity contribution in [2.75, 3.05) is 10.6 Å². The second kappa shape index (κ2) is 6.53. The zero-order valence-electron chi connectivity index (χ0n) is 14.6. The predicted molar refractivity (Wildman–Crippen MR) is 108 cm³/mol. The third-order valence-electron chi connectivity index (χ3n) is 4.27. The van der Waals surface area contributed by atoms with Crippen LogP contribution in [0.4, 0.5) is 21.0 Å². The number of carboxylic acid groups (broad SMARTS) is 1. The smallest absolute Gasteiger partial charge is 0.437 e. The monoisotopic (exact) mass is 406 g/mol. The molecule has 1 unspecified atom stereocenters. The molecule has 2 amide bonds. The fourth-order valence-electron chi connectivity index (χ4n) is 3.15. The van der Waals surface area contributed by atoms with Crippen molar-refractivity contribution in [2.24, 2.45) is 0 Å². The number of hydrogen-bond donors (Lipinski definition) is 3. The molecular weight excluding hydrogens is 394 g/mol. The number of rotatable bonds is 4. The number of aromatic nitrogens is 3. The molecule has 29 heavy (non-hydrogen) atoms. The van der Waals surface area contributed by atoms with Gasteiger partial charge in [0.2, 0.25) is 4.88 Å². The van der Waals surface area contributed by atoms with Crippen molar-refractivity contribution in [3.63, 3.8) is 0 Å². The molecule has 0 saturated carbocycles. The summed E-state index contributed by atoms with van der Waals surface area (Å²) in [6.45, 7) is 0. The van der Waals surface area contributed by atoms with Crippen LogP contribution in [0, 0.1) is 0 Å². The fourth-order valence-corrected chi connectivity index (χ4v) is 4.95. The first-order chi connectivity index (χ1) is 14.1. The van der Waals surface area contributed by atoms with Crippen molar-refractivity contribution in [2.45, 2.75) is 0 Å². The third-order valence-corrected chi connectivity index (χ3v) is 6.14. The fraction of sp³-hybridized carbons (Fsp3) is 0. The van der Waals surface area contributed by atoms with Crippen LogP contribution in [0.25, 0.3) is 20.8 Å². The van der Waals surface area contributed by atoms with E-state index in [0.29, 0.717) is 37.9 Å². The Bertz CT molecular complexity index is 1290. The molecule has 4 aromatic rings. The first kappa shape index (κ1) is 17.1. The molecule has 0 saturated heterocycles. The lowest BCUT2D eigenvalue weighted by molar-refractivity contribution is 0.221. The number of urea groups is 1. The van der Waals surface area contributed by atoms with Gasteiger partial charge in [-0.1, -0.05) is 18.2 Å². The van der Waals surface area contributed by atoms with Gasteiger partial charge in [-0.3, -0.25) is 0 Å². The SMILES string of the molecule is O=C1Nc2ccnc3c2c(c(-c2ccnc(Oc4ccccc4)n2)[s+]3C(=O)O)N1. The molecule has 0 aliphatic carbocycles. The summed E-state index contributed by atoms with van der Waals surface area (Å²) >= 11 is 0. The van der Waals surface area contributed by atoms with Crippen LogP contribution >= 0.6 is 10.5 Å². The van der Waals surface area contributed by atoms with Crippen molar-refractivity contribution >= 4 is 43.4 Å². The van der Waals surface area contributed by atoms with Crippen LogP contribution in [0.2, 0.25) is 0 Å². The zero-order chi connectivity index (χ0) is 20.0. The summed E-state index contributed by atoms with van der Waals surface area (Å²) in [7, 11) is -1.43. The molecule has 0 radical (unpaired) electrons. The molecule has 1 aliphatic rings. The van der Waals surface area contributed by atoms with Gasteiger partial charge in [0.1, 0.15) is 33.0 Å². The average molecular weight is 406 g/mol. The second-order valence-electron chi connectivity index (χ2n) is 6.03. The van der Waals surface area contributed by atoms with Gasteiger partial charge in [0.15, 0.2) is 0 Å². The topological polar surface area (TPSA) is 126 Å². The Hall–Kier alpha value is -4.05. The van der Waals surface area contributed by atoms with E-state index >= 15 is 0 Å². The van der Waals surface area contributed by atoms with Gasteiger partial charge in [0, 0.05) is 12.4 Å². The molecule has 1 aromatic carbocycles. The number of pyridine rings is 1. The first-order valence-corrected chi connectivity index (χ1v) is 9.69. The highest BCUT2D eigenvalue weighted by molar-refractivity contribution is 7.57. The quantitative estimate of drug-likeness (QED) is 0.419. The Morgan fingerprint density at radius 2 is 1.83 bits per heavy atom. The molecule has 3 aromatic heterocycles. The molecule has 10 heteroatoms. The highest BCUT2D eigenvalue weighted by Gasteiger charge is 2.40. The normalized spacial score (nSPS) is 13.0. The van der Waals surface area contributed by atoms with E-state index in [2.05, 4.69) is 25.6 Å². The third kappa shape index (κ3) is 2.82. The number of ether oxygens (including phenoxy) is 1. The Kier molecular flexibility index (Phi) is 3.85. The molecule has 4 heterocycles. The van der Waals surface area contributed by atoms with E-state index in [0.717, 1.165) is 0 Å². The van der Waals surface area contributed by atoms with Gasteiger partial charge in [-0.25, -0.2) is 14.8 Å². The molecule has 0 bridgehead atoms. The second-order valence-corrected chi connectivity index (χ2v) is 7.79. The minimum absolute atomic E-state index is 0.0696. The van der Waals surface area contributed by atoms with Crippen molar-refractivity contribution in [3.8, 4) is 22.3 Å². The van der Waals surface area contributed by atoms with Crippen molar-refractivity contribution in [3.05, 3.63) is 54.9 Å². The molecule has 3 N–H and O–H groups in total. The molecule has 0 fully saturated rings. The van der Waals surface area contributed by atoms with Crippen LogP contribution in [0.5, 0.6) is 11.8 Å². The van der Waals surface area contributed by atoms with E-state index in [4.69, 9.17) is 4.74 Å². The van der Waals surface area contributed by atoms with E-state index in [1.165, 1.54) is 12.4 Å². The van der Waals surface area contributed by atoms with Crippen LogP contribution in [0.3, 0.4) is 0 Å². The van der Waals surface area contributed by atoms with Crippen molar-refractivity contribution in [1.29, 1.82) is 0 Å². The number of nitrogens with one attached hydrogen (secondary N) is 2. The Balaban J connectivity index is 1.72. The van der Waals surface area contributed by atoms with E-state index in [9.17, 15) is 14.7 Å². The number of hydrogen-bond acceptors (Lipinski definition) is 6. The van der Waals surface area contributed by atoms with Gasteiger partial charge in [-0.15, -0.1) is 0 Å². The lowest BCUT2D eigenvalue weighted by Gasteiger charge is -2.13. The van der Waals surface area contributed by atoms with Gasteiger partial charge in [0.25, 0.3) is 4.83 Å². The number of carbonyl (C=O) groups is 2. The van der Waals surface area contributed by atoms with Crippen LogP contribution in [0.15, 0.2) is 54.9 Å². The van der Waals surface area contributed by atoms with E-state index in [1.807, 2.05) is 18.2 Å². The highest BCUT2D eigenvalue weighted by Crippen LogP contribution is 2.52. The maximum Gasteiger partial charge on any atom is 0.554 e. The molecule has 142 valence electrons. The summed E-state index contributed by atoms with van der Waals surface area (Å²) < 4.78 is 5.67. The maximum absolute atomic E-state index is 12.1. The minimum Gasteiger partial charge on any atom is -0.437 e. The molecule has 0 spiro atoms. The average Bonchev–Trinajstić information content (AvgIpc) is 3.05. The van der Waals surface area contributed by atoms with Crippen molar-refractivity contribution < 1.29 is 19.4 Å². The van der Waals surface area contributed by atoms with Gasteiger partial charge in [0.05, 0.1) is 5.69 Å². The number of amides is 2. The number of anilines is 2. The molecular formula is C19H12N5O4S+. The summed E-state index contributed by atoms with van der Waals surface area (Å²) in [5.41, 5.74) is 1.25. The Morgan fingerprint density at radius 1 is 1.03 bits per heavy atom. The van der Waals surface area contributed by atoms with Gasteiger partial charge in [-0.05, 0) is 24.3 Å². The Labute approximate surface area is 166 Å².